The first-order valence-corrected chi connectivity index (χ1v) is 5.51. The highest BCUT2D eigenvalue weighted by molar-refractivity contribution is 7.57. The molecule has 68 valence electrons. The Hall–Kier alpha value is -1.01. The first kappa shape index (κ1) is 10.1. The zero-order valence-corrected chi connectivity index (χ0v) is 8.41. The van der Waals surface area contributed by atoms with Crippen LogP contribution < -0.4 is 0 Å². The maximum absolute atomic E-state index is 11.1. The molecule has 1 unspecified atom stereocenters. The molecule has 0 N–H and O–H groups in total. The van der Waals surface area contributed by atoms with E-state index in [1.54, 1.807) is 12.1 Å². The van der Waals surface area contributed by atoms with Crippen molar-refractivity contribution in [3.05, 3.63) is 35.4 Å². The third-order valence-corrected chi connectivity index (χ3v) is 2.55. The number of rotatable bonds is 4. The monoisotopic (exact) mass is 194 g/mol. The second-order valence-corrected chi connectivity index (χ2v) is 3.72. The number of benzene rings is 1. The van der Waals surface area contributed by atoms with Gasteiger partial charge in [0.2, 0.25) is 0 Å². The largest absolute Gasteiger partial charge is 0.298 e. The molecule has 3 heteroatoms. The van der Waals surface area contributed by atoms with Crippen molar-refractivity contribution in [2.75, 3.05) is 6.66 Å². The van der Waals surface area contributed by atoms with Crippen molar-refractivity contribution >= 4 is 20.4 Å². The van der Waals surface area contributed by atoms with Crippen LogP contribution in [-0.2, 0) is 11.2 Å². The SMILES string of the molecule is CPC(=O)Cc1ccccc1C=O. The van der Waals surface area contributed by atoms with Gasteiger partial charge in [0.25, 0.3) is 0 Å². The van der Waals surface area contributed by atoms with E-state index < -0.39 is 0 Å². The molecule has 1 aromatic rings. The van der Waals surface area contributed by atoms with E-state index in [0.717, 1.165) is 11.8 Å². The van der Waals surface area contributed by atoms with Crippen LogP contribution in [0.15, 0.2) is 24.3 Å². The van der Waals surface area contributed by atoms with Gasteiger partial charge in [-0.2, -0.15) is 0 Å². The van der Waals surface area contributed by atoms with E-state index in [9.17, 15) is 9.59 Å². The van der Waals surface area contributed by atoms with Gasteiger partial charge in [0, 0.05) is 12.0 Å². The number of hydrogen-bond acceptors (Lipinski definition) is 2. The van der Waals surface area contributed by atoms with Crippen LogP contribution in [0.4, 0.5) is 0 Å². The first-order valence-electron chi connectivity index (χ1n) is 4.01. The van der Waals surface area contributed by atoms with Gasteiger partial charge in [-0.25, -0.2) is 0 Å². The summed E-state index contributed by atoms with van der Waals surface area (Å²) in [5.41, 5.74) is 1.64. The van der Waals surface area contributed by atoms with Gasteiger partial charge < -0.3 is 0 Å². The minimum Gasteiger partial charge on any atom is -0.298 e. The normalized spacial score (nSPS) is 10.5. The van der Waals surface area contributed by atoms with Crippen LogP contribution in [0, 0.1) is 0 Å². The molecule has 0 bridgehead atoms. The van der Waals surface area contributed by atoms with Crippen molar-refractivity contribution in [2.45, 2.75) is 6.42 Å². The molecule has 13 heavy (non-hydrogen) atoms. The number of carbonyl (C=O) groups is 2. The van der Waals surface area contributed by atoms with E-state index in [-0.39, 0.29) is 5.52 Å². The van der Waals surface area contributed by atoms with Gasteiger partial charge in [0.1, 0.15) is 6.29 Å². The summed E-state index contributed by atoms with van der Waals surface area (Å²) in [5, 5.41) is 0. The van der Waals surface area contributed by atoms with Crippen molar-refractivity contribution in [1.29, 1.82) is 0 Å². The van der Waals surface area contributed by atoms with Gasteiger partial charge in [-0.3, -0.25) is 9.59 Å². The van der Waals surface area contributed by atoms with Crippen LogP contribution in [0.1, 0.15) is 15.9 Å². The van der Waals surface area contributed by atoms with E-state index in [1.807, 2.05) is 18.8 Å². The molecule has 1 atom stereocenters. The van der Waals surface area contributed by atoms with Gasteiger partial charge in [0.05, 0.1) is 0 Å². The van der Waals surface area contributed by atoms with Gasteiger partial charge in [-0.05, 0) is 12.2 Å². The standard InChI is InChI=1S/C10H11O2P/c1-13-10(12)6-8-4-2-3-5-9(8)7-11/h2-5,7,13H,6H2,1H3. The minimum absolute atomic E-state index is 0.189. The van der Waals surface area contributed by atoms with Crippen LogP contribution in [0.3, 0.4) is 0 Å². The Morgan fingerprint density at radius 2 is 2.15 bits per heavy atom. The van der Waals surface area contributed by atoms with Crippen LogP contribution >= 0.6 is 8.58 Å². The Kier molecular flexibility index (Phi) is 3.78. The summed E-state index contributed by atoms with van der Waals surface area (Å²) >= 11 is 0. The van der Waals surface area contributed by atoms with Crippen molar-refractivity contribution in [2.24, 2.45) is 0 Å². The Labute approximate surface area is 79.1 Å². The lowest BCUT2D eigenvalue weighted by atomic mass is 10.1. The Balaban J connectivity index is 2.87. The lowest BCUT2D eigenvalue weighted by Gasteiger charge is -2.01. The highest BCUT2D eigenvalue weighted by Crippen LogP contribution is 2.13. The second kappa shape index (κ2) is 4.88. The first-order chi connectivity index (χ1) is 6.27. The Bertz CT molecular complexity index is 320. The molecule has 0 saturated carbocycles. The summed E-state index contributed by atoms with van der Waals surface area (Å²) in [6.07, 6.45) is 1.17. The fraction of sp³-hybridized carbons (Fsp3) is 0.200. The van der Waals surface area contributed by atoms with Crippen LogP contribution in [0.2, 0.25) is 0 Å². The fourth-order valence-electron chi connectivity index (χ4n) is 1.07. The van der Waals surface area contributed by atoms with Crippen molar-refractivity contribution in [1.82, 2.24) is 0 Å². The predicted octanol–water partition coefficient (Wildman–Crippen LogP) is 1.88. The maximum Gasteiger partial charge on any atom is 0.155 e. The summed E-state index contributed by atoms with van der Waals surface area (Å²) in [7, 11) is 0.300. The molecule has 1 aromatic carbocycles. The number of aldehydes is 1. The summed E-state index contributed by atoms with van der Waals surface area (Å²) < 4.78 is 0. The van der Waals surface area contributed by atoms with E-state index in [0.29, 0.717) is 20.6 Å². The van der Waals surface area contributed by atoms with E-state index >= 15 is 0 Å². The molecule has 0 aromatic heterocycles. The average molecular weight is 194 g/mol. The highest BCUT2D eigenvalue weighted by Gasteiger charge is 2.04. The Morgan fingerprint density at radius 1 is 1.46 bits per heavy atom. The molecule has 1 rings (SSSR count). The molecule has 0 amide bonds. The van der Waals surface area contributed by atoms with Crippen LogP contribution in [-0.4, -0.2) is 18.5 Å². The lowest BCUT2D eigenvalue weighted by molar-refractivity contribution is -0.110. The highest BCUT2D eigenvalue weighted by atomic mass is 31.1. The van der Waals surface area contributed by atoms with Gasteiger partial charge in [-0.1, -0.05) is 32.8 Å². The van der Waals surface area contributed by atoms with Crippen LogP contribution in [0.25, 0.3) is 0 Å². The topological polar surface area (TPSA) is 34.1 Å². The molecule has 0 radical (unpaired) electrons. The second-order valence-electron chi connectivity index (χ2n) is 2.67. The summed E-state index contributed by atoms with van der Waals surface area (Å²) in [5.74, 6) is 0. The molecule has 0 heterocycles. The van der Waals surface area contributed by atoms with Crippen molar-refractivity contribution in [3.8, 4) is 0 Å². The predicted molar refractivity (Wildman–Crippen MR) is 54.8 cm³/mol. The molecule has 0 aliphatic rings. The fourth-order valence-corrected chi connectivity index (χ4v) is 1.44. The maximum atomic E-state index is 11.1. The summed E-state index contributed by atoms with van der Waals surface area (Å²) in [4.78, 5) is 21.7. The molecule has 0 spiro atoms. The zero-order chi connectivity index (χ0) is 9.68. The van der Waals surface area contributed by atoms with Gasteiger partial charge in [0.15, 0.2) is 5.52 Å². The van der Waals surface area contributed by atoms with E-state index in [4.69, 9.17) is 0 Å². The van der Waals surface area contributed by atoms with E-state index in [2.05, 4.69) is 0 Å². The van der Waals surface area contributed by atoms with Gasteiger partial charge >= 0.3 is 0 Å². The quantitative estimate of drug-likeness (QED) is 0.541. The molecular formula is C10H11O2P. The smallest absolute Gasteiger partial charge is 0.155 e. The molecule has 0 aliphatic heterocycles. The van der Waals surface area contributed by atoms with Crippen molar-refractivity contribution in [3.63, 3.8) is 0 Å². The Morgan fingerprint density at radius 3 is 2.77 bits per heavy atom. The summed E-state index contributed by atoms with van der Waals surface area (Å²) in [6, 6.07) is 7.19. The van der Waals surface area contributed by atoms with E-state index in [1.165, 1.54) is 0 Å². The molecule has 0 saturated heterocycles. The van der Waals surface area contributed by atoms with Gasteiger partial charge in [-0.15, -0.1) is 0 Å². The number of hydrogen-bond donors (Lipinski definition) is 0. The minimum atomic E-state index is 0.189. The third kappa shape index (κ3) is 2.74. The average Bonchev–Trinajstić information content (AvgIpc) is 2.18. The molecule has 0 aliphatic carbocycles. The molecule has 2 nitrogen and oxygen atoms in total. The third-order valence-electron chi connectivity index (χ3n) is 1.81. The number of carbonyl (C=O) groups excluding carboxylic acids is 2. The zero-order valence-electron chi connectivity index (χ0n) is 7.41. The molecular weight excluding hydrogens is 183 g/mol. The van der Waals surface area contributed by atoms with Crippen molar-refractivity contribution < 1.29 is 9.59 Å². The summed E-state index contributed by atoms with van der Waals surface area (Å²) in [6.45, 7) is 1.85. The molecule has 0 fully saturated rings. The lowest BCUT2D eigenvalue weighted by Crippen LogP contribution is -1.98. The van der Waals surface area contributed by atoms with Crippen LogP contribution in [0.5, 0.6) is 0 Å².